The third-order valence-electron chi connectivity index (χ3n) is 11.0. The summed E-state index contributed by atoms with van der Waals surface area (Å²) in [4.78, 5) is 4.81. The van der Waals surface area contributed by atoms with Crippen molar-refractivity contribution in [1.29, 1.82) is 0 Å². The number of rotatable bonds is 2. The summed E-state index contributed by atoms with van der Waals surface area (Å²) in [5, 5.41) is 2.55. The van der Waals surface area contributed by atoms with Crippen LogP contribution in [0.4, 0.5) is 33.4 Å². The minimum atomic E-state index is -0.00680. The lowest BCUT2D eigenvalue weighted by molar-refractivity contribution is 0.466. The maximum atomic E-state index is 6.91. The van der Waals surface area contributed by atoms with E-state index in [1.165, 1.54) is 53.6 Å². The van der Waals surface area contributed by atoms with Gasteiger partial charge in [-0.2, -0.15) is 0 Å². The molecule has 0 fully saturated rings. The second-order valence-electron chi connectivity index (χ2n) is 13.6. The van der Waals surface area contributed by atoms with Gasteiger partial charge in [0.25, 0.3) is 13.4 Å². The quantitative estimate of drug-likeness (QED) is 0.176. The maximum absolute atomic E-state index is 6.91. The van der Waals surface area contributed by atoms with Crippen LogP contribution in [0.1, 0.15) is 0 Å². The number of ether oxygens (including phenoxy) is 2. The normalized spacial score (nSPS) is 14.0. The molecule has 12 rings (SSSR count). The highest BCUT2D eigenvalue weighted by molar-refractivity contribution is 7.26. The zero-order valence-electron chi connectivity index (χ0n) is 27.3. The molecule has 0 saturated heterocycles. The fourth-order valence-electron chi connectivity index (χ4n) is 8.97. The van der Waals surface area contributed by atoms with Gasteiger partial charge in [-0.25, -0.2) is 0 Å². The van der Waals surface area contributed by atoms with Crippen LogP contribution in [-0.4, -0.2) is 13.4 Å². The van der Waals surface area contributed by atoms with Crippen LogP contribution in [0.5, 0.6) is 23.0 Å². The Morgan fingerprint density at radius 2 is 0.980 bits per heavy atom. The molecule has 4 aliphatic rings. The van der Waals surface area contributed by atoms with Crippen LogP contribution in [0.25, 0.3) is 10.1 Å². The SMILES string of the molecule is c1ccc(N2c3ccccc3B3c4cc5c(cc4Oc4cccc2c43)Oc2cccc3c2B5c2c(sc4ccccc24)N3c2ccccc2)cc1. The fourth-order valence-corrected chi connectivity index (χ4v) is 10.2. The molecule has 51 heavy (non-hydrogen) atoms. The lowest BCUT2D eigenvalue weighted by atomic mass is 9.31. The van der Waals surface area contributed by atoms with E-state index in [9.17, 15) is 0 Å². The smallest absolute Gasteiger partial charge is 0.258 e. The number of nitrogens with zero attached hydrogens (tertiary/aromatic N) is 2. The molecule has 4 aliphatic heterocycles. The molecule has 0 spiro atoms. The predicted molar refractivity (Wildman–Crippen MR) is 214 cm³/mol. The molecule has 7 aromatic carbocycles. The molecule has 1 aromatic heterocycles. The molecule has 0 radical (unpaired) electrons. The molecule has 4 nitrogen and oxygen atoms in total. The summed E-state index contributed by atoms with van der Waals surface area (Å²) in [6, 6.07) is 56.6. The summed E-state index contributed by atoms with van der Waals surface area (Å²) in [6.45, 7) is -0.00574. The molecule has 5 heterocycles. The largest absolute Gasteiger partial charge is 0.458 e. The number of fused-ring (bicyclic) bond motifs is 10. The number of hydrogen-bond donors (Lipinski definition) is 0. The molecule has 8 aromatic rings. The highest BCUT2D eigenvalue weighted by Crippen LogP contribution is 2.46. The number of anilines is 6. The zero-order valence-corrected chi connectivity index (χ0v) is 28.1. The van der Waals surface area contributed by atoms with Crippen LogP contribution in [0.3, 0.4) is 0 Å². The monoisotopic (exact) mass is 668 g/mol. The Morgan fingerprint density at radius 3 is 1.73 bits per heavy atom. The van der Waals surface area contributed by atoms with E-state index >= 15 is 0 Å². The van der Waals surface area contributed by atoms with E-state index in [0.717, 1.165) is 45.7 Å². The number of benzene rings is 7. The Bertz CT molecular complexity index is 2750. The zero-order chi connectivity index (χ0) is 33.2. The summed E-state index contributed by atoms with van der Waals surface area (Å²) in [7, 11) is 0. The lowest BCUT2D eigenvalue weighted by Gasteiger charge is -2.41. The van der Waals surface area contributed by atoms with E-state index in [2.05, 4.69) is 168 Å². The van der Waals surface area contributed by atoms with Crippen LogP contribution in [0.15, 0.2) is 158 Å². The van der Waals surface area contributed by atoms with Crippen molar-refractivity contribution in [1.82, 2.24) is 0 Å². The van der Waals surface area contributed by atoms with Crippen molar-refractivity contribution in [2.45, 2.75) is 0 Å². The number of thiophene rings is 1. The molecule has 0 saturated carbocycles. The first-order valence-electron chi connectivity index (χ1n) is 17.4. The Balaban J connectivity index is 1.12. The molecule has 236 valence electrons. The third kappa shape index (κ3) is 3.71. The van der Waals surface area contributed by atoms with Gasteiger partial charge in [0.2, 0.25) is 0 Å². The fraction of sp³-hybridized carbons (Fsp3) is 0. The van der Waals surface area contributed by atoms with Gasteiger partial charge in [0, 0.05) is 39.2 Å². The van der Waals surface area contributed by atoms with Crippen LogP contribution < -0.4 is 52.1 Å². The lowest BCUT2D eigenvalue weighted by Crippen LogP contribution is -2.63. The van der Waals surface area contributed by atoms with Crippen molar-refractivity contribution >= 4 is 101 Å². The Labute approximate surface area is 299 Å². The van der Waals surface area contributed by atoms with E-state index in [1.54, 1.807) is 0 Å². The summed E-state index contributed by atoms with van der Waals surface area (Å²) < 4.78 is 15.1. The molecule has 0 N–H and O–H groups in total. The van der Waals surface area contributed by atoms with Crippen LogP contribution >= 0.6 is 11.3 Å². The maximum Gasteiger partial charge on any atom is 0.258 e. The molecule has 0 aliphatic carbocycles. The van der Waals surface area contributed by atoms with E-state index < -0.39 is 0 Å². The topological polar surface area (TPSA) is 24.9 Å². The average Bonchev–Trinajstić information content (AvgIpc) is 3.57. The van der Waals surface area contributed by atoms with E-state index in [4.69, 9.17) is 9.47 Å². The predicted octanol–water partition coefficient (Wildman–Crippen LogP) is 7.71. The molecule has 0 bridgehead atoms. The van der Waals surface area contributed by atoms with E-state index in [1.807, 2.05) is 11.3 Å². The molecule has 0 unspecified atom stereocenters. The summed E-state index contributed by atoms with van der Waals surface area (Å²) >= 11 is 1.87. The highest BCUT2D eigenvalue weighted by Gasteiger charge is 2.47. The van der Waals surface area contributed by atoms with Gasteiger partial charge in [-0.1, -0.05) is 91.0 Å². The highest BCUT2D eigenvalue weighted by atomic mass is 32.1. The average molecular weight is 668 g/mol. The minimum Gasteiger partial charge on any atom is -0.458 e. The number of hydrogen-bond acceptors (Lipinski definition) is 5. The van der Waals surface area contributed by atoms with Gasteiger partial charge in [0.1, 0.15) is 23.0 Å². The van der Waals surface area contributed by atoms with Crippen LogP contribution in [0.2, 0.25) is 0 Å². The van der Waals surface area contributed by atoms with Gasteiger partial charge >= 0.3 is 0 Å². The number of para-hydroxylation sites is 3. The van der Waals surface area contributed by atoms with Crippen molar-refractivity contribution in [3.8, 4) is 23.0 Å². The van der Waals surface area contributed by atoms with Gasteiger partial charge in [0.15, 0.2) is 0 Å². The van der Waals surface area contributed by atoms with Gasteiger partial charge < -0.3 is 19.3 Å². The van der Waals surface area contributed by atoms with E-state index in [-0.39, 0.29) is 13.4 Å². The van der Waals surface area contributed by atoms with Crippen molar-refractivity contribution in [3.63, 3.8) is 0 Å². The third-order valence-corrected chi connectivity index (χ3v) is 12.1. The standard InChI is InChI=1S/C44H26B2N2O2S/c1-3-13-27(14-4-1)47-33-19-9-8-18-30(33)45-31-25-32-39(26-38(31)49-36-22-11-20-34(47)42(36)45)50-37-23-12-21-35-43(37)46(32)41-29-17-7-10-24-40(29)51-44(41)48(35)28-15-5-2-6-16-28/h1-26H. The molecular weight excluding hydrogens is 642 g/mol. The molecule has 0 atom stereocenters. The first kappa shape index (κ1) is 27.6. The van der Waals surface area contributed by atoms with Crippen molar-refractivity contribution < 1.29 is 9.47 Å². The van der Waals surface area contributed by atoms with Crippen LogP contribution in [-0.2, 0) is 0 Å². The summed E-state index contributed by atoms with van der Waals surface area (Å²) in [5.74, 6) is 3.49. The van der Waals surface area contributed by atoms with Gasteiger partial charge in [-0.05, 0) is 98.8 Å². The van der Waals surface area contributed by atoms with Crippen molar-refractivity contribution in [3.05, 3.63) is 158 Å². The van der Waals surface area contributed by atoms with Crippen molar-refractivity contribution in [2.75, 3.05) is 9.80 Å². The molecular formula is C44H26B2N2O2S. The van der Waals surface area contributed by atoms with E-state index in [0.29, 0.717) is 0 Å². The van der Waals surface area contributed by atoms with Crippen LogP contribution in [0, 0.1) is 0 Å². The minimum absolute atomic E-state index is 0.00106. The first-order chi connectivity index (χ1) is 25.3. The summed E-state index contributed by atoms with van der Waals surface area (Å²) in [6.07, 6.45) is 0. The Kier molecular flexibility index (Phi) is 5.52. The van der Waals surface area contributed by atoms with Gasteiger partial charge in [-0.3, -0.25) is 0 Å². The van der Waals surface area contributed by atoms with Gasteiger partial charge in [0.05, 0.1) is 5.00 Å². The molecule has 0 amide bonds. The second-order valence-corrected chi connectivity index (χ2v) is 14.6. The summed E-state index contributed by atoms with van der Waals surface area (Å²) in [5.41, 5.74) is 13.1. The molecule has 7 heteroatoms. The Morgan fingerprint density at radius 1 is 0.412 bits per heavy atom. The first-order valence-corrected chi connectivity index (χ1v) is 18.2. The Hall–Kier alpha value is -6.17. The van der Waals surface area contributed by atoms with Gasteiger partial charge in [-0.15, -0.1) is 11.3 Å². The van der Waals surface area contributed by atoms with Crippen molar-refractivity contribution in [2.24, 2.45) is 0 Å². The second kappa shape index (κ2) is 10.2.